The number of amides is 1. The highest BCUT2D eigenvalue weighted by Gasteiger charge is 2.23. The van der Waals surface area contributed by atoms with Gasteiger partial charge in [0.25, 0.3) is 5.91 Å². The van der Waals surface area contributed by atoms with Crippen molar-refractivity contribution < 1.29 is 9.53 Å². The number of anilines is 1. The minimum atomic E-state index is -0.0149. The number of nitrogens with one attached hydrogen (secondary N) is 2. The summed E-state index contributed by atoms with van der Waals surface area (Å²) in [6, 6.07) is 6.36. The second-order valence-corrected chi connectivity index (χ2v) is 4.94. The predicted molar refractivity (Wildman–Crippen MR) is 69.9 cm³/mol. The fraction of sp³-hybridized carbons (Fsp3) is 0.500. The first-order valence-electron chi connectivity index (χ1n) is 6.61. The fourth-order valence-electron chi connectivity index (χ4n) is 2.25. The summed E-state index contributed by atoms with van der Waals surface area (Å²) < 4.78 is 5.64. The number of benzene rings is 1. The standard InChI is InChI=1S/C14H18N2O2/c17-14(16-10-6-7-10)9-18-13-5-1-4-12-11(13)3-2-8-15-12/h1,4-5,10,15H,2-3,6-9H2,(H,16,17). The summed E-state index contributed by atoms with van der Waals surface area (Å²) in [7, 11) is 0. The van der Waals surface area contributed by atoms with Crippen LogP contribution in [0.25, 0.3) is 0 Å². The van der Waals surface area contributed by atoms with Gasteiger partial charge in [0.1, 0.15) is 5.75 Å². The van der Waals surface area contributed by atoms with E-state index in [2.05, 4.69) is 16.7 Å². The van der Waals surface area contributed by atoms with E-state index >= 15 is 0 Å². The van der Waals surface area contributed by atoms with Crippen molar-refractivity contribution in [3.8, 4) is 5.75 Å². The quantitative estimate of drug-likeness (QED) is 0.850. The van der Waals surface area contributed by atoms with Crippen LogP contribution in [0.3, 0.4) is 0 Å². The Labute approximate surface area is 107 Å². The Kier molecular flexibility index (Phi) is 3.09. The van der Waals surface area contributed by atoms with E-state index in [1.165, 1.54) is 5.56 Å². The highest BCUT2D eigenvalue weighted by Crippen LogP contribution is 2.30. The van der Waals surface area contributed by atoms with E-state index in [4.69, 9.17) is 4.74 Å². The van der Waals surface area contributed by atoms with Crippen molar-refractivity contribution in [2.45, 2.75) is 31.7 Å². The van der Waals surface area contributed by atoms with Crippen molar-refractivity contribution in [3.05, 3.63) is 23.8 Å². The summed E-state index contributed by atoms with van der Waals surface area (Å²) in [5.41, 5.74) is 2.34. The molecule has 1 saturated carbocycles. The van der Waals surface area contributed by atoms with Crippen LogP contribution < -0.4 is 15.4 Å². The Balaban J connectivity index is 1.63. The minimum absolute atomic E-state index is 0.0149. The molecule has 18 heavy (non-hydrogen) atoms. The molecular weight excluding hydrogens is 228 g/mol. The average Bonchev–Trinajstić information content (AvgIpc) is 3.20. The van der Waals surface area contributed by atoms with Crippen LogP contribution in [-0.4, -0.2) is 25.1 Å². The maximum atomic E-state index is 11.6. The lowest BCUT2D eigenvalue weighted by molar-refractivity contribution is -0.123. The van der Waals surface area contributed by atoms with Gasteiger partial charge in [0, 0.05) is 23.8 Å². The normalized spacial score (nSPS) is 17.6. The number of hydrogen-bond acceptors (Lipinski definition) is 3. The molecule has 1 aromatic rings. The van der Waals surface area contributed by atoms with Gasteiger partial charge in [0.05, 0.1) is 0 Å². The van der Waals surface area contributed by atoms with Crippen LogP contribution in [0.5, 0.6) is 5.75 Å². The maximum absolute atomic E-state index is 11.6. The molecule has 0 atom stereocenters. The van der Waals surface area contributed by atoms with Gasteiger partial charge in [0.2, 0.25) is 0 Å². The molecule has 4 heteroatoms. The Bertz CT molecular complexity index is 455. The van der Waals surface area contributed by atoms with Gasteiger partial charge in [-0.2, -0.15) is 0 Å². The van der Waals surface area contributed by atoms with Gasteiger partial charge >= 0.3 is 0 Å². The molecule has 0 saturated heterocycles. The van der Waals surface area contributed by atoms with Crippen molar-refractivity contribution in [2.24, 2.45) is 0 Å². The molecule has 3 rings (SSSR count). The molecule has 1 aliphatic carbocycles. The van der Waals surface area contributed by atoms with Crippen molar-refractivity contribution in [1.82, 2.24) is 5.32 Å². The molecule has 96 valence electrons. The topological polar surface area (TPSA) is 50.4 Å². The van der Waals surface area contributed by atoms with E-state index in [1.807, 2.05) is 12.1 Å². The molecule has 0 unspecified atom stereocenters. The van der Waals surface area contributed by atoms with Gasteiger partial charge in [0.15, 0.2) is 6.61 Å². The number of hydrogen-bond donors (Lipinski definition) is 2. The first kappa shape index (κ1) is 11.4. The zero-order chi connectivity index (χ0) is 12.4. The number of carbonyl (C=O) groups is 1. The number of rotatable bonds is 4. The zero-order valence-electron chi connectivity index (χ0n) is 10.4. The molecule has 0 aromatic heterocycles. The van der Waals surface area contributed by atoms with Crippen LogP contribution in [0, 0.1) is 0 Å². The third-order valence-electron chi connectivity index (χ3n) is 3.35. The average molecular weight is 246 g/mol. The van der Waals surface area contributed by atoms with E-state index in [0.29, 0.717) is 6.04 Å². The first-order valence-corrected chi connectivity index (χ1v) is 6.61. The maximum Gasteiger partial charge on any atom is 0.258 e. The third kappa shape index (κ3) is 2.58. The van der Waals surface area contributed by atoms with Crippen LogP contribution in [0.4, 0.5) is 5.69 Å². The molecular formula is C14H18N2O2. The van der Waals surface area contributed by atoms with Crippen molar-refractivity contribution >= 4 is 11.6 Å². The zero-order valence-corrected chi connectivity index (χ0v) is 10.4. The second kappa shape index (κ2) is 4.88. The summed E-state index contributed by atoms with van der Waals surface area (Å²) >= 11 is 0. The molecule has 4 nitrogen and oxygen atoms in total. The molecule has 0 radical (unpaired) electrons. The van der Waals surface area contributed by atoms with Crippen LogP contribution in [-0.2, 0) is 11.2 Å². The number of ether oxygens (including phenoxy) is 1. The van der Waals surface area contributed by atoms with Gasteiger partial charge in [-0.1, -0.05) is 6.07 Å². The lowest BCUT2D eigenvalue weighted by Crippen LogP contribution is -2.30. The van der Waals surface area contributed by atoms with E-state index in [1.54, 1.807) is 0 Å². The van der Waals surface area contributed by atoms with E-state index in [0.717, 1.165) is 43.7 Å². The third-order valence-corrected chi connectivity index (χ3v) is 3.35. The lowest BCUT2D eigenvalue weighted by Gasteiger charge is -2.20. The fourth-order valence-corrected chi connectivity index (χ4v) is 2.25. The van der Waals surface area contributed by atoms with E-state index in [9.17, 15) is 4.79 Å². The Hall–Kier alpha value is -1.71. The monoisotopic (exact) mass is 246 g/mol. The lowest BCUT2D eigenvalue weighted by atomic mass is 10.0. The van der Waals surface area contributed by atoms with Gasteiger partial charge in [-0.25, -0.2) is 0 Å². The Morgan fingerprint density at radius 2 is 2.33 bits per heavy atom. The summed E-state index contributed by atoms with van der Waals surface area (Å²) in [6.07, 6.45) is 4.34. The van der Waals surface area contributed by atoms with Gasteiger partial charge in [-0.05, 0) is 37.8 Å². The van der Waals surface area contributed by atoms with Crippen LogP contribution in [0.2, 0.25) is 0 Å². The predicted octanol–water partition coefficient (Wildman–Crippen LogP) is 1.70. The molecule has 1 heterocycles. The summed E-state index contributed by atoms with van der Waals surface area (Å²) in [5.74, 6) is 0.824. The minimum Gasteiger partial charge on any atom is -0.483 e. The van der Waals surface area contributed by atoms with Gasteiger partial charge in [-0.15, -0.1) is 0 Å². The van der Waals surface area contributed by atoms with Gasteiger partial charge < -0.3 is 15.4 Å². The smallest absolute Gasteiger partial charge is 0.258 e. The molecule has 2 aliphatic rings. The van der Waals surface area contributed by atoms with Gasteiger partial charge in [-0.3, -0.25) is 4.79 Å². The van der Waals surface area contributed by atoms with Crippen LogP contribution in [0.15, 0.2) is 18.2 Å². The van der Waals surface area contributed by atoms with Crippen LogP contribution in [0.1, 0.15) is 24.8 Å². The van der Waals surface area contributed by atoms with Crippen molar-refractivity contribution in [2.75, 3.05) is 18.5 Å². The highest BCUT2D eigenvalue weighted by molar-refractivity contribution is 5.78. The second-order valence-electron chi connectivity index (χ2n) is 4.94. The molecule has 1 aromatic carbocycles. The Morgan fingerprint density at radius 3 is 3.17 bits per heavy atom. The van der Waals surface area contributed by atoms with Crippen molar-refractivity contribution in [1.29, 1.82) is 0 Å². The highest BCUT2D eigenvalue weighted by atomic mass is 16.5. The SMILES string of the molecule is O=C(COc1cccc2c1CCCN2)NC1CC1. The Morgan fingerprint density at radius 1 is 1.44 bits per heavy atom. The van der Waals surface area contributed by atoms with Crippen LogP contribution >= 0.6 is 0 Å². The molecule has 0 spiro atoms. The summed E-state index contributed by atoms with van der Waals surface area (Å²) in [4.78, 5) is 11.6. The molecule has 2 N–H and O–H groups in total. The van der Waals surface area contributed by atoms with E-state index in [-0.39, 0.29) is 12.5 Å². The van der Waals surface area contributed by atoms with E-state index < -0.39 is 0 Å². The largest absolute Gasteiger partial charge is 0.483 e. The molecule has 1 amide bonds. The summed E-state index contributed by atoms with van der Waals surface area (Å²) in [6.45, 7) is 1.13. The molecule has 1 fully saturated rings. The summed E-state index contributed by atoms with van der Waals surface area (Å²) in [5, 5.41) is 6.28. The molecule has 1 aliphatic heterocycles. The number of fused-ring (bicyclic) bond motifs is 1. The number of carbonyl (C=O) groups excluding carboxylic acids is 1. The first-order chi connectivity index (χ1) is 8.83. The molecule has 0 bridgehead atoms. The van der Waals surface area contributed by atoms with Crippen molar-refractivity contribution in [3.63, 3.8) is 0 Å².